The summed E-state index contributed by atoms with van der Waals surface area (Å²) in [6.07, 6.45) is 3.40. The van der Waals surface area contributed by atoms with Gasteiger partial charge in [-0.15, -0.1) is 0 Å². The molecule has 0 unspecified atom stereocenters. The fourth-order valence-corrected chi connectivity index (χ4v) is 3.04. The molecule has 26 heavy (non-hydrogen) atoms. The molecule has 2 heterocycles. The fraction of sp³-hybridized carbons (Fsp3) is 0.143. The van der Waals surface area contributed by atoms with Crippen LogP contribution in [0.1, 0.15) is 16.7 Å². The Labute approximate surface area is 151 Å². The van der Waals surface area contributed by atoms with Crippen molar-refractivity contribution in [2.45, 2.75) is 19.9 Å². The van der Waals surface area contributed by atoms with Crippen LogP contribution in [0.15, 0.2) is 71.5 Å². The first-order valence-electron chi connectivity index (χ1n) is 8.51. The molecule has 0 aliphatic carbocycles. The minimum absolute atomic E-state index is 0.118. The van der Waals surface area contributed by atoms with Crippen LogP contribution in [0, 0.1) is 6.92 Å². The molecular formula is C21H19N3O2. The van der Waals surface area contributed by atoms with Crippen LogP contribution in [0.25, 0.3) is 11.0 Å². The summed E-state index contributed by atoms with van der Waals surface area (Å²) in [6, 6.07) is 17.9. The number of aromatic nitrogens is 2. The number of nitrogens with one attached hydrogen (secondary N) is 1. The summed E-state index contributed by atoms with van der Waals surface area (Å²) in [6.45, 7) is 2.74. The predicted octanol–water partition coefficient (Wildman–Crippen LogP) is 4.17. The average molecular weight is 345 g/mol. The Bertz CT molecular complexity index is 1050. The lowest BCUT2D eigenvalue weighted by molar-refractivity contribution is -0.115. The Morgan fingerprint density at radius 3 is 2.73 bits per heavy atom. The smallest absolute Gasteiger partial charge is 0.231 e. The van der Waals surface area contributed by atoms with Crippen molar-refractivity contribution in [2.75, 3.05) is 5.32 Å². The number of carbonyl (C=O) groups is 1. The zero-order chi connectivity index (χ0) is 17.9. The number of benzene rings is 2. The Balaban J connectivity index is 1.67. The van der Waals surface area contributed by atoms with Crippen LogP contribution < -0.4 is 5.32 Å². The van der Waals surface area contributed by atoms with Gasteiger partial charge < -0.3 is 8.98 Å². The van der Waals surface area contributed by atoms with Crippen LogP contribution in [0.5, 0.6) is 0 Å². The van der Waals surface area contributed by atoms with E-state index in [4.69, 9.17) is 4.42 Å². The second-order valence-corrected chi connectivity index (χ2v) is 6.29. The van der Waals surface area contributed by atoms with Gasteiger partial charge in [0.1, 0.15) is 0 Å². The van der Waals surface area contributed by atoms with Crippen LogP contribution in [0.3, 0.4) is 0 Å². The molecule has 4 rings (SSSR count). The van der Waals surface area contributed by atoms with E-state index >= 15 is 0 Å². The first kappa shape index (κ1) is 16.1. The van der Waals surface area contributed by atoms with Gasteiger partial charge in [-0.05, 0) is 41.8 Å². The van der Waals surface area contributed by atoms with Gasteiger partial charge in [0.05, 0.1) is 36.5 Å². The number of anilines is 1. The van der Waals surface area contributed by atoms with Gasteiger partial charge in [-0.1, -0.05) is 36.4 Å². The van der Waals surface area contributed by atoms with Crippen molar-refractivity contribution in [1.82, 2.24) is 9.55 Å². The number of aryl methyl sites for hydroxylation is 1. The highest BCUT2D eigenvalue weighted by atomic mass is 16.3. The quantitative estimate of drug-likeness (QED) is 0.591. The van der Waals surface area contributed by atoms with Gasteiger partial charge in [0.25, 0.3) is 0 Å². The summed E-state index contributed by atoms with van der Waals surface area (Å²) in [7, 11) is 0. The number of furan rings is 1. The number of nitrogens with zero attached hydrogens (tertiary/aromatic N) is 2. The highest BCUT2D eigenvalue weighted by molar-refractivity contribution is 5.92. The summed E-state index contributed by atoms with van der Waals surface area (Å²) in [5.74, 6) is 0.440. The molecule has 0 fully saturated rings. The maximum absolute atomic E-state index is 12.4. The second kappa shape index (κ2) is 6.88. The molecule has 0 aliphatic heterocycles. The molecule has 2 aromatic heterocycles. The number of imidazole rings is 1. The Hall–Kier alpha value is -3.34. The second-order valence-electron chi connectivity index (χ2n) is 6.29. The van der Waals surface area contributed by atoms with E-state index in [9.17, 15) is 4.79 Å². The zero-order valence-corrected chi connectivity index (χ0v) is 14.5. The van der Waals surface area contributed by atoms with Gasteiger partial charge in [-0.2, -0.15) is 0 Å². The van der Waals surface area contributed by atoms with Gasteiger partial charge in [-0.25, -0.2) is 4.98 Å². The number of carbonyl (C=O) groups excluding carboxylic acids is 1. The van der Waals surface area contributed by atoms with E-state index in [1.54, 1.807) is 18.6 Å². The molecule has 0 aliphatic rings. The fourth-order valence-electron chi connectivity index (χ4n) is 3.04. The lowest BCUT2D eigenvalue weighted by Gasteiger charge is -2.12. The van der Waals surface area contributed by atoms with Crippen LogP contribution in [0.2, 0.25) is 0 Å². The summed E-state index contributed by atoms with van der Waals surface area (Å²) >= 11 is 0. The van der Waals surface area contributed by atoms with E-state index in [1.807, 2.05) is 41.0 Å². The summed E-state index contributed by atoms with van der Waals surface area (Å²) < 4.78 is 7.08. The maximum Gasteiger partial charge on any atom is 0.231 e. The molecule has 2 aromatic carbocycles. The SMILES string of the molecule is Cc1ccccc1Cn1c(NC(=O)Cc2ccoc2)nc2ccccc21. The van der Waals surface area contributed by atoms with Crippen LogP contribution >= 0.6 is 0 Å². The predicted molar refractivity (Wildman–Crippen MR) is 101 cm³/mol. The van der Waals surface area contributed by atoms with E-state index in [2.05, 4.69) is 29.4 Å². The normalized spacial score (nSPS) is 11.0. The molecule has 4 aromatic rings. The van der Waals surface area contributed by atoms with E-state index in [1.165, 1.54) is 11.1 Å². The summed E-state index contributed by atoms with van der Waals surface area (Å²) in [4.78, 5) is 17.0. The standard InChI is InChI=1S/C21H19N3O2/c1-15-6-2-3-7-17(15)13-24-19-9-5-4-8-18(19)22-21(24)23-20(25)12-16-10-11-26-14-16/h2-11,14H,12-13H2,1H3,(H,22,23,25). The van der Waals surface area contributed by atoms with Crippen molar-refractivity contribution in [3.63, 3.8) is 0 Å². The third kappa shape index (κ3) is 3.24. The molecule has 5 heteroatoms. The Morgan fingerprint density at radius 2 is 1.92 bits per heavy atom. The third-order valence-electron chi connectivity index (χ3n) is 4.44. The minimum Gasteiger partial charge on any atom is -0.472 e. The maximum atomic E-state index is 12.4. The minimum atomic E-state index is -0.118. The average Bonchev–Trinajstić information content (AvgIpc) is 3.25. The number of fused-ring (bicyclic) bond motifs is 1. The van der Waals surface area contributed by atoms with Crippen molar-refractivity contribution in [3.8, 4) is 0 Å². The molecule has 0 bridgehead atoms. The van der Waals surface area contributed by atoms with E-state index in [0.29, 0.717) is 12.5 Å². The molecule has 0 saturated heterocycles. The van der Waals surface area contributed by atoms with Crippen LogP contribution in [0.4, 0.5) is 5.95 Å². The molecule has 1 amide bonds. The van der Waals surface area contributed by atoms with Gasteiger partial charge in [0.2, 0.25) is 11.9 Å². The molecule has 0 atom stereocenters. The van der Waals surface area contributed by atoms with E-state index in [-0.39, 0.29) is 12.3 Å². The third-order valence-corrected chi connectivity index (χ3v) is 4.44. The van der Waals surface area contributed by atoms with Crippen LogP contribution in [-0.2, 0) is 17.8 Å². The zero-order valence-electron chi connectivity index (χ0n) is 14.5. The first-order chi connectivity index (χ1) is 12.7. The molecule has 0 spiro atoms. The Kier molecular flexibility index (Phi) is 4.27. The summed E-state index contributed by atoms with van der Waals surface area (Å²) in [5, 5.41) is 2.95. The van der Waals surface area contributed by atoms with Gasteiger partial charge in [0, 0.05) is 0 Å². The van der Waals surface area contributed by atoms with Crippen molar-refractivity contribution < 1.29 is 9.21 Å². The molecule has 5 nitrogen and oxygen atoms in total. The first-order valence-corrected chi connectivity index (χ1v) is 8.51. The molecule has 0 radical (unpaired) electrons. The van der Waals surface area contributed by atoms with Gasteiger partial charge >= 0.3 is 0 Å². The van der Waals surface area contributed by atoms with Gasteiger partial charge in [0.15, 0.2) is 0 Å². The van der Waals surface area contributed by atoms with Crippen LogP contribution in [-0.4, -0.2) is 15.5 Å². The summed E-state index contributed by atoms with van der Waals surface area (Å²) in [5.41, 5.74) is 5.10. The number of hydrogen-bond donors (Lipinski definition) is 1. The highest BCUT2D eigenvalue weighted by Gasteiger charge is 2.14. The van der Waals surface area contributed by atoms with E-state index in [0.717, 1.165) is 16.6 Å². The number of amides is 1. The lowest BCUT2D eigenvalue weighted by atomic mass is 10.1. The molecule has 130 valence electrons. The Morgan fingerprint density at radius 1 is 1.12 bits per heavy atom. The van der Waals surface area contributed by atoms with Crippen molar-refractivity contribution >= 4 is 22.9 Å². The lowest BCUT2D eigenvalue weighted by Crippen LogP contribution is -2.18. The van der Waals surface area contributed by atoms with Crippen molar-refractivity contribution in [2.24, 2.45) is 0 Å². The topological polar surface area (TPSA) is 60.1 Å². The van der Waals surface area contributed by atoms with Gasteiger partial charge in [-0.3, -0.25) is 10.1 Å². The number of rotatable bonds is 5. The van der Waals surface area contributed by atoms with E-state index < -0.39 is 0 Å². The molecule has 0 saturated carbocycles. The monoisotopic (exact) mass is 345 g/mol. The van der Waals surface area contributed by atoms with Crippen molar-refractivity contribution in [3.05, 3.63) is 83.8 Å². The largest absolute Gasteiger partial charge is 0.472 e. The van der Waals surface area contributed by atoms with Crippen molar-refractivity contribution in [1.29, 1.82) is 0 Å². The highest BCUT2D eigenvalue weighted by Crippen LogP contribution is 2.22. The molecule has 1 N–H and O–H groups in total. The molecular weight excluding hydrogens is 326 g/mol. The number of hydrogen-bond acceptors (Lipinski definition) is 3. The number of para-hydroxylation sites is 2.